The molecule has 1 aliphatic heterocycles. The van der Waals surface area contributed by atoms with Gasteiger partial charge < -0.3 is 19.4 Å². The van der Waals surface area contributed by atoms with Crippen LogP contribution in [0.25, 0.3) is 0 Å². The lowest BCUT2D eigenvalue weighted by atomic mass is 10.2. The van der Waals surface area contributed by atoms with Crippen molar-refractivity contribution in [2.75, 3.05) is 24.3 Å². The minimum Gasteiger partial charge on any atom is -0.486 e. The molecule has 1 aromatic heterocycles. The Bertz CT molecular complexity index is 773. The second-order valence-electron chi connectivity index (χ2n) is 5.83. The second kappa shape index (κ2) is 6.35. The van der Waals surface area contributed by atoms with Gasteiger partial charge in [-0.15, -0.1) is 10.2 Å². The number of ether oxygens (including phenoxy) is 2. The molecule has 0 saturated heterocycles. The number of aromatic nitrogens is 3. The number of benzene rings is 1. The molecule has 0 spiro atoms. The highest BCUT2D eigenvalue weighted by atomic mass is 32.2. The van der Waals surface area contributed by atoms with Crippen LogP contribution < -0.4 is 14.8 Å². The highest BCUT2D eigenvalue weighted by molar-refractivity contribution is 7.99. The van der Waals surface area contributed by atoms with E-state index in [2.05, 4.69) is 20.1 Å². The van der Waals surface area contributed by atoms with Gasteiger partial charge in [-0.2, -0.15) is 0 Å². The van der Waals surface area contributed by atoms with Crippen LogP contribution in [0.1, 0.15) is 24.7 Å². The molecule has 126 valence electrons. The summed E-state index contributed by atoms with van der Waals surface area (Å²) in [7, 11) is 0. The fraction of sp³-hybridized carbons (Fsp3) is 0.438. The Morgan fingerprint density at radius 3 is 2.88 bits per heavy atom. The summed E-state index contributed by atoms with van der Waals surface area (Å²) in [6, 6.07) is 5.91. The van der Waals surface area contributed by atoms with Crippen LogP contribution in [0.2, 0.25) is 0 Å². The Morgan fingerprint density at radius 2 is 2.08 bits per heavy atom. The number of fused-ring (bicyclic) bond motifs is 1. The maximum atomic E-state index is 12.2. The second-order valence-corrected chi connectivity index (χ2v) is 6.77. The van der Waals surface area contributed by atoms with Crippen LogP contribution in [-0.2, 0) is 4.79 Å². The van der Waals surface area contributed by atoms with Gasteiger partial charge in [-0.1, -0.05) is 11.8 Å². The Kier molecular flexibility index (Phi) is 4.05. The van der Waals surface area contributed by atoms with Gasteiger partial charge in [-0.05, 0) is 31.9 Å². The van der Waals surface area contributed by atoms with Gasteiger partial charge in [-0.25, -0.2) is 0 Å². The van der Waals surface area contributed by atoms with Crippen LogP contribution in [0.15, 0.2) is 23.4 Å². The van der Waals surface area contributed by atoms with E-state index in [1.807, 2.05) is 19.1 Å². The number of anilines is 1. The van der Waals surface area contributed by atoms with Gasteiger partial charge in [-0.3, -0.25) is 4.79 Å². The normalized spacial score (nSPS) is 16.0. The molecule has 2 aliphatic rings. The average molecular weight is 346 g/mol. The zero-order valence-corrected chi connectivity index (χ0v) is 14.1. The van der Waals surface area contributed by atoms with Gasteiger partial charge in [0.15, 0.2) is 16.7 Å². The molecular formula is C16H18N4O3S. The molecule has 0 atom stereocenters. The van der Waals surface area contributed by atoms with E-state index in [4.69, 9.17) is 9.47 Å². The Labute approximate surface area is 143 Å². The minimum absolute atomic E-state index is 0.0836. The minimum atomic E-state index is -0.0836. The van der Waals surface area contributed by atoms with E-state index in [-0.39, 0.29) is 5.91 Å². The number of aryl methyl sites for hydroxylation is 1. The molecule has 1 fully saturated rings. The van der Waals surface area contributed by atoms with E-state index in [9.17, 15) is 4.79 Å². The summed E-state index contributed by atoms with van der Waals surface area (Å²) in [5.41, 5.74) is 0.699. The topological polar surface area (TPSA) is 78.3 Å². The maximum absolute atomic E-state index is 12.2. The first-order valence-corrected chi connectivity index (χ1v) is 8.93. The first-order chi connectivity index (χ1) is 11.7. The molecule has 2 heterocycles. The van der Waals surface area contributed by atoms with Crippen molar-refractivity contribution in [3.05, 3.63) is 24.0 Å². The lowest BCUT2D eigenvalue weighted by molar-refractivity contribution is -0.113. The fourth-order valence-corrected chi connectivity index (χ4v) is 3.50. The molecule has 24 heavy (non-hydrogen) atoms. The predicted molar refractivity (Wildman–Crippen MR) is 89.8 cm³/mol. The largest absolute Gasteiger partial charge is 0.486 e. The molecule has 1 saturated carbocycles. The molecule has 8 heteroatoms. The van der Waals surface area contributed by atoms with Crippen molar-refractivity contribution in [3.63, 3.8) is 0 Å². The van der Waals surface area contributed by atoms with Crippen LogP contribution in [0.3, 0.4) is 0 Å². The molecule has 7 nitrogen and oxygen atoms in total. The monoisotopic (exact) mass is 346 g/mol. The molecule has 1 aromatic carbocycles. The number of nitrogens with zero attached hydrogens (tertiary/aromatic N) is 3. The third kappa shape index (κ3) is 3.19. The summed E-state index contributed by atoms with van der Waals surface area (Å²) >= 11 is 1.41. The Hall–Kier alpha value is -2.22. The molecule has 1 aliphatic carbocycles. The van der Waals surface area contributed by atoms with Crippen molar-refractivity contribution in [2.45, 2.75) is 31.0 Å². The van der Waals surface area contributed by atoms with E-state index >= 15 is 0 Å². The zero-order chi connectivity index (χ0) is 16.5. The van der Waals surface area contributed by atoms with E-state index in [0.29, 0.717) is 42.2 Å². The number of carbonyl (C=O) groups excluding carboxylic acids is 1. The molecular weight excluding hydrogens is 328 g/mol. The Morgan fingerprint density at radius 1 is 1.29 bits per heavy atom. The average Bonchev–Trinajstić information content (AvgIpc) is 3.36. The van der Waals surface area contributed by atoms with Gasteiger partial charge in [0.05, 0.1) is 5.75 Å². The van der Waals surface area contributed by atoms with Crippen molar-refractivity contribution in [1.29, 1.82) is 0 Å². The number of rotatable bonds is 5. The van der Waals surface area contributed by atoms with Gasteiger partial charge in [0, 0.05) is 17.8 Å². The molecule has 1 amide bonds. The van der Waals surface area contributed by atoms with E-state index in [1.165, 1.54) is 11.8 Å². The highest BCUT2D eigenvalue weighted by Crippen LogP contribution is 2.38. The van der Waals surface area contributed by atoms with E-state index < -0.39 is 0 Å². The van der Waals surface area contributed by atoms with Crippen LogP contribution in [0, 0.1) is 6.92 Å². The maximum Gasteiger partial charge on any atom is 0.234 e. The lowest BCUT2D eigenvalue weighted by Gasteiger charge is -2.19. The first kappa shape index (κ1) is 15.3. The van der Waals surface area contributed by atoms with Crippen LogP contribution >= 0.6 is 11.8 Å². The third-order valence-corrected chi connectivity index (χ3v) is 4.85. The van der Waals surface area contributed by atoms with Crippen molar-refractivity contribution in [1.82, 2.24) is 14.8 Å². The first-order valence-electron chi connectivity index (χ1n) is 7.94. The standard InChI is InChI=1S/C16H18N4O3S/c1-10-18-19-16(20(10)12-3-4-12)24-9-15(21)17-11-2-5-13-14(8-11)23-7-6-22-13/h2,5,8,12H,3-4,6-7,9H2,1H3,(H,17,21). The number of amides is 1. The smallest absolute Gasteiger partial charge is 0.234 e. The predicted octanol–water partition coefficient (Wildman–Crippen LogP) is 2.42. The van der Waals surface area contributed by atoms with Crippen LogP contribution in [0.4, 0.5) is 5.69 Å². The van der Waals surface area contributed by atoms with Gasteiger partial charge in [0.25, 0.3) is 0 Å². The van der Waals surface area contributed by atoms with Crippen molar-refractivity contribution in [3.8, 4) is 11.5 Å². The lowest BCUT2D eigenvalue weighted by Crippen LogP contribution is -2.17. The molecule has 4 rings (SSSR count). The Balaban J connectivity index is 1.37. The third-order valence-electron chi connectivity index (χ3n) is 3.91. The number of thioether (sulfide) groups is 1. The van der Waals surface area contributed by atoms with E-state index in [0.717, 1.165) is 23.8 Å². The number of nitrogens with one attached hydrogen (secondary N) is 1. The summed E-state index contributed by atoms with van der Waals surface area (Å²) < 4.78 is 13.1. The summed E-state index contributed by atoms with van der Waals surface area (Å²) in [5, 5.41) is 12.0. The number of hydrogen-bond acceptors (Lipinski definition) is 6. The number of carbonyl (C=O) groups is 1. The molecule has 0 unspecified atom stereocenters. The van der Waals surface area contributed by atoms with Crippen LogP contribution in [0.5, 0.6) is 11.5 Å². The summed E-state index contributed by atoms with van der Waals surface area (Å²) in [5.74, 6) is 2.49. The highest BCUT2D eigenvalue weighted by Gasteiger charge is 2.28. The SMILES string of the molecule is Cc1nnc(SCC(=O)Nc2ccc3c(c2)OCCO3)n1C1CC1. The van der Waals surface area contributed by atoms with Gasteiger partial charge in [0.2, 0.25) is 5.91 Å². The zero-order valence-electron chi connectivity index (χ0n) is 13.3. The molecule has 2 aromatic rings. The molecule has 0 radical (unpaired) electrons. The van der Waals surface area contributed by atoms with E-state index in [1.54, 1.807) is 6.07 Å². The fourth-order valence-electron chi connectivity index (χ4n) is 2.65. The van der Waals surface area contributed by atoms with Crippen molar-refractivity contribution < 1.29 is 14.3 Å². The summed E-state index contributed by atoms with van der Waals surface area (Å²) in [4.78, 5) is 12.2. The van der Waals surface area contributed by atoms with Gasteiger partial charge >= 0.3 is 0 Å². The van der Waals surface area contributed by atoms with Crippen molar-refractivity contribution in [2.24, 2.45) is 0 Å². The molecule has 0 bridgehead atoms. The summed E-state index contributed by atoms with van der Waals surface area (Å²) in [6.45, 7) is 3.03. The van der Waals surface area contributed by atoms with Gasteiger partial charge in [0.1, 0.15) is 19.0 Å². The quantitative estimate of drug-likeness (QED) is 0.838. The van der Waals surface area contributed by atoms with Crippen LogP contribution in [-0.4, -0.2) is 39.6 Å². The van der Waals surface area contributed by atoms with Crippen molar-refractivity contribution >= 4 is 23.4 Å². The summed E-state index contributed by atoms with van der Waals surface area (Å²) in [6.07, 6.45) is 2.33. The molecule has 1 N–H and O–H groups in total. The number of hydrogen-bond donors (Lipinski definition) is 1.